The van der Waals surface area contributed by atoms with Crippen LogP contribution in [0, 0.1) is 5.82 Å². The van der Waals surface area contributed by atoms with Crippen LogP contribution in [-0.4, -0.2) is 16.9 Å². The van der Waals surface area contributed by atoms with Crippen LogP contribution < -0.4 is 0 Å². The largest absolute Gasteiger partial charge is 0.293 e. The van der Waals surface area contributed by atoms with E-state index < -0.39 is 5.82 Å². The Hall–Kier alpha value is -0.350. The second kappa shape index (κ2) is 4.94. The van der Waals surface area contributed by atoms with Crippen LogP contribution in [0.2, 0.25) is 0 Å². The molecule has 0 saturated heterocycles. The lowest BCUT2D eigenvalue weighted by atomic mass is 10.1. The number of halogens is 2. The number of carbonyl (C=O) groups excluding carboxylic acids is 1. The van der Waals surface area contributed by atoms with Crippen molar-refractivity contribution in [3.05, 3.63) is 29.6 Å². The minimum Gasteiger partial charge on any atom is -0.293 e. The third-order valence-electron chi connectivity index (χ3n) is 1.80. The summed E-state index contributed by atoms with van der Waals surface area (Å²) >= 11 is 4.57. The van der Waals surface area contributed by atoms with Crippen molar-refractivity contribution in [2.75, 3.05) is 6.26 Å². The molecule has 0 aliphatic carbocycles. The fourth-order valence-corrected chi connectivity index (χ4v) is 1.71. The van der Waals surface area contributed by atoms with E-state index in [-0.39, 0.29) is 16.2 Å². The Morgan fingerprint density at radius 2 is 2.21 bits per heavy atom. The number of rotatable bonds is 3. The minimum atomic E-state index is -0.451. The predicted octanol–water partition coefficient (Wildman–Crippen LogP) is 3.51. The van der Waals surface area contributed by atoms with E-state index in [0.717, 1.165) is 4.90 Å². The van der Waals surface area contributed by atoms with Gasteiger partial charge in [0.05, 0.1) is 10.4 Å². The van der Waals surface area contributed by atoms with Gasteiger partial charge in [-0.2, -0.15) is 0 Å². The molecule has 0 heterocycles. The number of hydrogen-bond acceptors (Lipinski definition) is 2. The first-order chi connectivity index (χ1) is 6.56. The van der Waals surface area contributed by atoms with E-state index in [0.29, 0.717) is 0 Å². The van der Waals surface area contributed by atoms with Crippen LogP contribution in [0.4, 0.5) is 4.39 Å². The molecule has 76 valence electrons. The van der Waals surface area contributed by atoms with Crippen molar-refractivity contribution in [1.29, 1.82) is 0 Å². The molecule has 0 saturated carbocycles. The van der Waals surface area contributed by atoms with E-state index in [1.165, 1.54) is 23.9 Å². The van der Waals surface area contributed by atoms with Crippen molar-refractivity contribution < 1.29 is 9.18 Å². The minimum absolute atomic E-state index is 0.146. The Bertz CT molecular complexity index is 352. The van der Waals surface area contributed by atoms with Gasteiger partial charge < -0.3 is 0 Å². The van der Waals surface area contributed by atoms with Crippen molar-refractivity contribution in [3.63, 3.8) is 0 Å². The molecule has 0 fully saturated rings. The van der Waals surface area contributed by atoms with Gasteiger partial charge in [0.25, 0.3) is 0 Å². The third-order valence-corrected chi connectivity index (χ3v) is 2.94. The summed E-state index contributed by atoms with van der Waals surface area (Å²) in [5.41, 5.74) is 0.146. The van der Waals surface area contributed by atoms with E-state index in [4.69, 9.17) is 0 Å². The molecule has 0 aromatic heterocycles. The van der Waals surface area contributed by atoms with Crippen molar-refractivity contribution in [1.82, 2.24) is 0 Å². The van der Waals surface area contributed by atoms with Gasteiger partial charge in [-0.1, -0.05) is 15.9 Å². The number of hydrogen-bond donors (Lipinski definition) is 0. The second-order valence-electron chi connectivity index (χ2n) is 2.83. The van der Waals surface area contributed by atoms with Gasteiger partial charge in [0.1, 0.15) is 5.82 Å². The van der Waals surface area contributed by atoms with Gasteiger partial charge in [-0.05, 0) is 31.4 Å². The summed E-state index contributed by atoms with van der Waals surface area (Å²) in [6.45, 7) is 1.68. The van der Waals surface area contributed by atoms with Crippen LogP contribution >= 0.6 is 27.7 Å². The van der Waals surface area contributed by atoms with Gasteiger partial charge >= 0.3 is 0 Å². The van der Waals surface area contributed by atoms with E-state index in [9.17, 15) is 9.18 Å². The molecule has 0 aliphatic rings. The number of thioether (sulfide) groups is 1. The number of benzene rings is 1. The molecule has 0 spiro atoms. The van der Waals surface area contributed by atoms with E-state index >= 15 is 0 Å². The smallest absolute Gasteiger partial charge is 0.179 e. The molecule has 1 nitrogen and oxygen atoms in total. The first-order valence-electron chi connectivity index (χ1n) is 4.08. The zero-order valence-corrected chi connectivity index (χ0v) is 10.3. The summed E-state index contributed by atoms with van der Waals surface area (Å²) < 4.78 is 13.4. The topological polar surface area (TPSA) is 17.1 Å². The number of alkyl halides is 1. The summed E-state index contributed by atoms with van der Waals surface area (Å²) in [5.74, 6) is -0.677. The molecule has 0 N–H and O–H groups in total. The Morgan fingerprint density at radius 3 is 2.64 bits per heavy atom. The summed E-state index contributed by atoms with van der Waals surface area (Å²) in [6, 6.07) is 4.66. The Balaban J connectivity index is 3.06. The zero-order chi connectivity index (χ0) is 10.7. The second-order valence-corrected chi connectivity index (χ2v) is 5.08. The predicted molar refractivity (Wildman–Crippen MR) is 60.9 cm³/mol. The van der Waals surface area contributed by atoms with Crippen molar-refractivity contribution in [2.45, 2.75) is 16.6 Å². The molecular formula is C10H10BrFOS. The number of carbonyl (C=O) groups is 1. The fraction of sp³-hybridized carbons (Fsp3) is 0.300. The molecule has 1 aromatic rings. The summed E-state index contributed by atoms with van der Waals surface area (Å²) in [6.07, 6.45) is 1.86. The van der Waals surface area contributed by atoms with E-state index in [1.807, 2.05) is 6.26 Å². The van der Waals surface area contributed by atoms with Gasteiger partial charge in [0.15, 0.2) is 5.78 Å². The molecule has 0 radical (unpaired) electrons. The number of Topliss-reactive ketones (excluding diaryl/α,β-unsaturated/α-hetero) is 1. The molecule has 1 aromatic carbocycles. The first-order valence-corrected chi connectivity index (χ1v) is 6.22. The molecule has 0 bridgehead atoms. The average molecular weight is 277 g/mol. The molecule has 1 unspecified atom stereocenters. The Kier molecular flexibility index (Phi) is 4.13. The third kappa shape index (κ3) is 2.58. The Labute approximate surface area is 95.2 Å². The maximum atomic E-state index is 13.4. The molecule has 0 amide bonds. The maximum absolute atomic E-state index is 13.4. The maximum Gasteiger partial charge on any atom is 0.179 e. The zero-order valence-electron chi connectivity index (χ0n) is 7.88. The highest BCUT2D eigenvalue weighted by Crippen LogP contribution is 2.20. The van der Waals surface area contributed by atoms with Crippen LogP contribution in [0.25, 0.3) is 0 Å². The van der Waals surface area contributed by atoms with Gasteiger partial charge in [-0.25, -0.2) is 4.39 Å². The Morgan fingerprint density at radius 1 is 1.57 bits per heavy atom. The highest BCUT2D eigenvalue weighted by molar-refractivity contribution is 9.10. The van der Waals surface area contributed by atoms with Crippen molar-refractivity contribution >= 4 is 33.5 Å². The lowest BCUT2D eigenvalue weighted by molar-refractivity contribution is 0.0992. The molecule has 1 rings (SSSR count). The SMILES string of the molecule is CSc1ccc(C(=O)C(C)Br)c(F)c1. The summed E-state index contributed by atoms with van der Waals surface area (Å²) in [5, 5.41) is 0. The lowest BCUT2D eigenvalue weighted by Crippen LogP contribution is -2.11. The van der Waals surface area contributed by atoms with E-state index in [1.54, 1.807) is 13.0 Å². The van der Waals surface area contributed by atoms with Crippen molar-refractivity contribution in [2.24, 2.45) is 0 Å². The quantitative estimate of drug-likeness (QED) is 0.478. The average Bonchev–Trinajstić information content (AvgIpc) is 2.16. The molecule has 4 heteroatoms. The molecule has 0 aliphatic heterocycles. The van der Waals surface area contributed by atoms with Crippen LogP contribution in [-0.2, 0) is 0 Å². The molecule has 14 heavy (non-hydrogen) atoms. The van der Waals surface area contributed by atoms with Gasteiger partial charge in [0.2, 0.25) is 0 Å². The highest BCUT2D eigenvalue weighted by atomic mass is 79.9. The lowest BCUT2D eigenvalue weighted by Gasteiger charge is -2.05. The van der Waals surface area contributed by atoms with Crippen molar-refractivity contribution in [3.8, 4) is 0 Å². The number of ketones is 1. The normalized spacial score (nSPS) is 12.6. The standard InChI is InChI=1S/C10H10BrFOS/c1-6(11)10(13)8-4-3-7(14-2)5-9(8)12/h3-6H,1-2H3. The fourth-order valence-electron chi connectivity index (χ4n) is 1.04. The molecular weight excluding hydrogens is 267 g/mol. The first kappa shape index (κ1) is 11.7. The van der Waals surface area contributed by atoms with Gasteiger partial charge in [-0.15, -0.1) is 11.8 Å². The monoisotopic (exact) mass is 276 g/mol. The van der Waals surface area contributed by atoms with E-state index in [2.05, 4.69) is 15.9 Å². The van der Waals surface area contributed by atoms with Crippen LogP contribution in [0.15, 0.2) is 23.1 Å². The highest BCUT2D eigenvalue weighted by Gasteiger charge is 2.16. The van der Waals surface area contributed by atoms with Gasteiger partial charge in [-0.3, -0.25) is 4.79 Å². The molecule has 1 atom stereocenters. The van der Waals surface area contributed by atoms with Crippen LogP contribution in [0.3, 0.4) is 0 Å². The van der Waals surface area contributed by atoms with Gasteiger partial charge in [0, 0.05) is 4.90 Å². The van der Waals surface area contributed by atoms with Crippen LogP contribution in [0.5, 0.6) is 0 Å². The summed E-state index contributed by atoms with van der Waals surface area (Å²) in [4.78, 5) is 11.9. The van der Waals surface area contributed by atoms with Crippen LogP contribution in [0.1, 0.15) is 17.3 Å². The summed E-state index contributed by atoms with van der Waals surface area (Å²) in [7, 11) is 0.